The van der Waals surface area contributed by atoms with Gasteiger partial charge in [-0.05, 0) is 0 Å². The number of rotatable bonds is 1. The molecule has 0 fully saturated rings. The predicted molar refractivity (Wildman–Crippen MR) is 75.0 cm³/mol. The fourth-order valence-electron chi connectivity index (χ4n) is 1.64. The van der Waals surface area contributed by atoms with Crippen LogP contribution in [0.1, 0.15) is 5.56 Å². The van der Waals surface area contributed by atoms with Crippen LogP contribution in [0.3, 0.4) is 0 Å². The van der Waals surface area contributed by atoms with Gasteiger partial charge in [0.1, 0.15) is 0 Å². The van der Waals surface area contributed by atoms with E-state index in [-0.39, 0.29) is 0 Å². The van der Waals surface area contributed by atoms with Crippen LogP contribution in [0.2, 0.25) is 0 Å². The first-order valence-electron chi connectivity index (χ1n) is 4.94. The van der Waals surface area contributed by atoms with Crippen molar-refractivity contribution in [2.24, 2.45) is 0 Å². The summed E-state index contributed by atoms with van der Waals surface area (Å²) >= 11 is 2.76. The Morgan fingerprint density at radius 3 is 2.69 bits per heavy atom. The molecule has 0 atom stereocenters. The molecule has 0 spiro atoms. The summed E-state index contributed by atoms with van der Waals surface area (Å²) in [4.78, 5) is 4.38. The third-order valence-electron chi connectivity index (χ3n) is 2.51. The Balaban J connectivity index is 2.21. The summed E-state index contributed by atoms with van der Waals surface area (Å²) in [6.45, 7) is 2.12. The Morgan fingerprint density at radius 2 is 2.00 bits per heavy atom. The molecule has 0 aliphatic carbocycles. The van der Waals surface area contributed by atoms with E-state index in [1.54, 1.807) is 0 Å². The molecule has 80 valence electrons. The Morgan fingerprint density at radius 1 is 1.25 bits per heavy atom. The van der Waals surface area contributed by atoms with Gasteiger partial charge < -0.3 is 0 Å². The van der Waals surface area contributed by atoms with Crippen molar-refractivity contribution in [3.05, 3.63) is 45.9 Å². The first kappa shape index (κ1) is 10.6. The summed E-state index contributed by atoms with van der Waals surface area (Å²) in [6.07, 6.45) is 3.92. The summed E-state index contributed by atoms with van der Waals surface area (Å²) in [6, 6.07) is 8.75. The van der Waals surface area contributed by atoms with Gasteiger partial charge in [0.05, 0.1) is 0 Å². The van der Waals surface area contributed by atoms with Crippen LogP contribution < -0.4 is 0 Å². The Labute approximate surface area is 113 Å². The van der Waals surface area contributed by atoms with Gasteiger partial charge in [-0.2, -0.15) is 0 Å². The van der Waals surface area contributed by atoms with Crippen molar-refractivity contribution >= 4 is 41.6 Å². The summed E-state index contributed by atoms with van der Waals surface area (Å²) < 4.78 is 6.13. The average Bonchev–Trinajstić information content (AvgIpc) is 2.84. The monoisotopic (exact) mass is 388 g/mol. The van der Waals surface area contributed by atoms with Crippen molar-refractivity contribution in [2.75, 3.05) is 0 Å². The molecule has 0 saturated heterocycles. The van der Waals surface area contributed by atoms with Crippen molar-refractivity contribution in [1.82, 2.24) is 9.38 Å². The molecule has 0 unspecified atom stereocenters. The Hall–Kier alpha value is -0.581. The van der Waals surface area contributed by atoms with E-state index in [9.17, 15) is 0 Å². The van der Waals surface area contributed by atoms with Gasteiger partial charge in [-0.3, -0.25) is 0 Å². The molecule has 3 aromatic rings. The van der Waals surface area contributed by atoms with Crippen LogP contribution in [-0.2, 0) is 0 Å². The number of benzene rings is 1. The third-order valence-corrected chi connectivity index (χ3v) is 6.74. The number of aromatic nitrogens is 2. The summed E-state index contributed by atoms with van der Waals surface area (Å²) in [7, 11) is 0. The quantitative estimate of drug-likeness (QED) is 0.464. The zero-order valence-electron chi connectivity index (χ0n) is 8.64. The van der Waals surface area contributed by atoms with Crippen molar-refractivity contribution in [3.63, 3.8) is 0 Å². The molecule has 0 aliphatic heterocycles. The fraction of sp³-hybridized carbons (Fsp3) is 0.0833. The zero-order chi connectivity index (χ0) is 11.1. The first-order chi connectivity index (χ1) is 7.75. The molecule has 0 radical (unpaired) electrons. The van der Waals surface area contributed by atoms with Gasteiger partial charge in [0.2, 0.25) is 0 Å². The van der Waals surface area contributed by atoms with Gasteiger partial charge in [-0.1, -0.05) is 0 Å². The zero-order valence-corrected chi connectivity index (χ0v) is 12.5. The molecule has 1 aromatic carbocycles. The fourth-order valence-corrected chi connectivity index (χ4v) is 5.34. The van der Waals surface area contributed by atoms with Crippen LogP contribution in [0.25, 0.3) is 14.5 Å². The van der Waals surface area contributed by atoms with Gasteiger partial charge in [-0.25, -0.2) is 0 Å². The summed E-state index contributed by atoms with van der Waals surface area (Å²) in [5.74, 6) is 0. The normalized spacial score (nSPS) is 11.1. The van der Waals surface area contributed by atoms with Gasteiger partial charge in [0.15, 0.2) is 0 Å². The standard InChI is InChI=1S/C12H9IN2Se/c1-8-2-4-9(5-3-8)10-11(13)15-7-6-14-12(15)16-10/h2-7H,1H3. The van der Waals surface area contributed by atoms with Crippen LogP contribution in [0.4, 0.5) is 0 Å². The van der Waals surface area contributed by atoms with Crippen molar-refractivity contribution in [2.45, 2.75) is 6.92 Å². The maximum absolute atomic E-state index is 4.38. The van der Waals surface area contributed by atoms with E-state index in [0.717, 1.165) is 0 Å². The van der Waals surface area contributed by atoms with Crippen LogP contribution >= 0.6 is 22.6 Å². The van der Waals surface area contributed by atoms with Gasteiger partial charge in [-0.15, -0.1) is 0 Å². The number of hydrogen-bond donors (Lipinski definition) is 0. The molecule has 16 heavy (non-hydrogen) atoms. The molecular formula is C12H9IN2Se. The molecule has 2 aromatic heterocycles. The minimum absolute atomic E-state index is 0.343. The molecule has 4 heteroatoms. The molecule has 2 nitrogen and oxygen atoms in total. The molecular weight excluding hydrogens is 378 g/mol. The molecule has 0 saturated carbocycles. The van der Waals surface area contributed by atoms with E-state index in [2.05, 4.69) is 63.2 Å². The number of aryl methyl sites for hydroxylation is 1. The van der Waals surface area contributed by atoms with E-state index in [0.29, 0.717) is 14.5 Å². The number of halogens is 1. The topological polar surface area (TPSA) is 17.3 Å². The Kier molecular flexibility index (Phi) is 2.65. The SMILES string of the molecule is Cc1ccc(-c2[se]c3nccn3c2I)cc1. The van der Waals surface area contributed by atoms with E-state index in [1.807, 2.05) is 12.4 Å². The van der Waals surface area contributed by atoms with E-state index >= 15 is 0 Å². The van der Waals surface area contributed by atoms with Gasteiger partial charge >= 0.3 is 114 Å². The number of fused-ring (bicyclic) bond motifs is 1. The average molecular weight is 387 g/mol. The third kappa shape index (κ3) is 1.65. The van der Waals surface area contributed by atoms with Crippen molar-refractivity contribution < 1.29 is 0 Å². The van der Waals surface area contributed by atoms with E-state index in [1.165, 1.54) is 23.8 Å². The minimum atomic E-state index is 0.343. The second-order valence-electron chi connectivity index (χ2n) is 3.67. The molecule has 0 aliphatic rings. The molecule has 0 N–H and O–H groups in total. The summed E-state index contributed by atoms with van der Waals surface area (Å²) in [5.41, 5.74) is 2.64. The predicted octanol–water partition coefficient (Wildman–Crippen LogP) is 2.97. The van der Waals surface area contributed by atoms with Crippen LogP contribution in [0.5, 0.6) is 0 Å². The molecule has 2 heterocycles. The Bertz CT molecular complexity index is 637. The van der Waals surface area contributed by atoms with Crippen LogP contribution in [-0.4, -0.2) is 23.9 Å². The second-order valence-corrected chi connectivity index (χ2v) is 6.74. The first-order valence-corrected chi connectivity index (χ1v) is 7.73. The molecule has 0 amide bonds. The van der Waals surface area contributed by atoms with Crippen LogP contribution in [0.15, 0.2) is 36.7 Å². The maximum atomic E-state index is 4.38. The summed E-state index contributed by atoms with van der Waals surface area (Å²) in [5, 5.41) is 0. The van der Waals surface area contributed by atoms with Gasteiger partial charge in [0, 0.05) is 0 Å². The van der Waals surface area contributed by atoms with E-state index in [4.69, 9.17) is 0 Å². The van der Waals surface area contributed by atoms with Crippen LogP contribution in [0, 0.1) is 10.6 Å². The van der Waals surface area contributed by atoms with Crippen molar-refractivity contribution in [1.29, 1.82) is 0 Å². The number of hydrogen-bond acceptors (Lipinski definition) is 1. The number of nitrogens with zero attached hydrogens (tertiary/aromatic N) is 2. The number of imidazole rings is 1. The molecule has 3 rings (SSSR count). The molecule has 0 bridgehead atoms. The van der Waals surface area contributed by atoms with Crippen molar-refractivity contribution in [3.8, 4) is 10.0 Å². The second kappa shape index (κ2) is 4.02. The van der Waals surface area contributed by atoms with E-state index < -0.39 is 0 Å². The van der Waals surface area contributed by atoms with Gasteiger partial charge in [0.25, 0.3) is 0 Å².